The molecule has 1 aliphatic rings. The van der Waals surface area contributed by atoms with E-state index in [2.05, 4.69) is 53.1 Å². The van der Waals surface area contributed by atoms with E-state index in [1.54, 1.807) is 0 Å². The summed E-state index contributed by atoms with van der Waals surface area (Å²) < 4.78 is 11.8. The van der Waals surface area contributed by atoms with E-state index in [-0.39, 0.29) is 5.41 Å². The molecule has 1 aromatic carbocycles. The number of hydrogen-bond acceptors (Lipinski definition) is 4. The highest BCUT2D eigenvalue weighted by Crippen LogP contribution is 2.22. The summed E-state index contributed by atoms with van der Waals surface area (Å²) in [5, 5.41) is 3.37. The van der Waals surface area contributed by atoms with E-state index in [9.17, 15) is 0 Å². The minimum atomic E-state index is -0.0329. The average molecular weight is 385 g/mol. The third-order valence-corrected chi connectivity index (χ3v) is 4.95. The van der Waals surface area contributed by atoms with Gasteiger partial charge in [0, 0.05) is 31.5 Å². The monoisotopic (exact) mass is 384 g/mol. The lowest BCUT2D eigenvalue weighted by Crippen LogP contribution is -2.39. The zero-order valence-electron chi connectivity index (χ0n) is 17.4. The Morgan fingerprint density at radius 1 is 1.32 bits per heavy atom. The topological polar surface area (TPSA) is 62.9 Å². The molecule has 1 atom stereocenters. The fourth-order valence-electron chi connectivity index (χ4n) is 3.30. The Morgan fingerprint density at radius 3 is 2.79 bits per heavy atom. The molecular formula is C22H32N4O2. The second-order valence-corrected chi connectivity index (χ2v) is 8.37. The Hall–Kier alpha value is -2.34. The van der Waals surface area contributed by atoms with Gasteiger partial charge >= 0.3 is 0 Å². The van der Waals surface area contributed by atoms with E-state index in [0.717, 1.165) is 37.8 Å². The molecule has 152 valence electrons. The van der Waals surface area contributed by atoms with Gasteiger partial charge in [0.1, 0.15) is 5.76 Å². The third-order valence-electron chi connectivity index (χ3n) is 4.95. The van der Waals surface area contributed by atoms with Crippen molar-refractivity contribution in [2.24, 2.45) is 10.9 Å². The first kappa shape index (κ1) is 20.4. The number of likely N-dealkylation sites (tertiary alicyclic amines) is 1. The number of oxazole rings is 1. The van der Waals surface area contributed by atoms with Crippen molar-refractivity contribution < 1.29 is 9.15 Å². The van der Waals surface area contributed by atoms with Gasteiger partial charge in [0.05, 0.1) is 26.0 Å². The summed E-state index contributed by atoms with van der Waals surface area (Å²) in [5.74, 6) is 3.00. The molecule has 0 saturated carbocycles. The average Bonchev–Trinajstić information content (AvgIpc) is 3.33. The van der Waals surface area contributed by atoms with Crippen molar-refractivity contribution in [2.45, 2.75) is 45.8 Å². The molecule has 2 heterocycles. The molecule has 1 aromatic heterocycles. The first-order chi connectivity index (χ1) is 13.5. The van der Waals surface area contributed by atoms with Gasteiger partial charge in [-0.15, -0.1) is 0 Å². The predicted molar refractivity (Wildman–Crippen MR) is 111 cm³/mol. The normalized spacial score (nSPS) is 17.9. The van der Waals surface area contributed by atoms with Crippen LogP contribution in [0.25, 0.3) is 0 Å². The molecule has 0 amide bonds. The fourth-order valence-corrected chi connectivity index (χ4v) is 3.30. The van der Waals surface area contributed by atoms with Gasteiger partial charge < -0.3 is 19.4 Å². The first-order valence-electron chi connectivity index (χ1n) is 9.98. The number of guanidine groups is 1. The molecular weight excluding hydrogens is 352 g/mol. The molecule has 1 N–H and O–H groups in total. The number of aliphatic imine (C=N–C) groups is 1. The molecule has 0 spiro atoms. The molecule has 28 heavy (non-hydrogen) atoms. The number of hydrogen-bond donors (Lipinski definition) is 1. The highest BCUT2D eigenvalue weighted by atomic mass is 16.5. The standard InChI is InChI=1S/C22H32N4O2/c1-22(2,3)19-12-24-20(28-19)13-25-21(23-4)26-11-10-18(14-26)16-27-15-17-8-6-5-7-9-17/h5-9,12,18H,10-11,13-16H2,1-4H3,(H,23,25). The van der Waals surface area contributed by atoms with Crippen molar-refractivity contribution in [1.29, 1.82) is 0 Å². The highest BCUT2D eigenvalue weighted by molar-refractivity contribution is 5.80. The first-order valence-corrected chi connectivity index (χ1v) is 9.98. The Kier molecular flexibility index (Phi) is 6.73. The number of nitrogens with one attached hydrogen (secondary N) is 1. The zero-order chi connectivity index (χ0) is 20.0. The summed E-state index contributed by atoms with van der Waals surface area (Å²) in [5.41, 5.74) is 1.19. The Bertz CT molecular complexity index is 764. The van der Waals surface area contributed by atoms with Gasteiger partial charge in [-0.05, 0) is 12.0 Å². The van der Waals surface area contributed by atoms with Crippen LogP contribution in [0.15, 0.2) is 45.9 Å². The number of ether oxygens (including phenoxy) is 1. The molecule has 1 aliphatic heterocycles. The molecule has 2 aromatic rings. The Balaban J connectivity index is 1.43. The van der Waals surface area contributed by atoms with Crippen LogP contribution in [0.5, 0.6) is 0 Å². The quantitative estimate of drug-likeness (QED) is 0.609. The lowest BCUT2D eigenvalue weighted by Gasteiger charge is -2.21. The molecule has 1 fully saturated rings. The molecule has 6 nitrogen and oxygen atoms in total. The number of rotatable bonds is 6. The van der Waals surface area contributed by atoms with Crippen LogP contribution in [0.3, 0.4) is 0 Å². The lowest BCUT2D eigenvalue weighted by atomic mass is 9.94. The van der Waals surface area contributed by atoms with Crippen LogP contribution in [0.1, 0.15) is 44.4 Å². The summed E-state index contributed by atoms with van der Waals surface area (Å²) in [6, 6.07) is 10.3. The molecule has 6 heteroatoms. The Labute approximate surface area is 168 Å². The van der Waals surface area contributed by atoms with E-state index in [1.165, 1.54) is 5.56 Å². The van der Waals surface area contributed by atoms with Crippen molar-refractivity contribution in [2.75, 3.05) is 26.7 Å². The molecule has 0 bridgehead atoms. The van der Waals surface area contributed by atoms with E-state index in [1.807, 2.05) is 31.4 Å². The molecule has 3 rings (SSSR count). The maximum absolute atomic E-state index is 5.92. The zero-order valence-corrected chi connectivity index (χ0v) is 17.4. The van der Waals surface area contributed by atoms with Gasteiger partial charge in [-0.25, -0.2) is 4.98 Å². The van der Waals surface area contributed by atoms with Gasteiger partial charge in [-0.3, -0.25) is 4.99 Å². The van der Waals surface area contributed by atoms with Crippen molar-refractivity contribution >= 4 is 5.96 Å². The Morgan fingerprint density at radius 2 is 2.11 bits per heavy atom. The predicted octanol–water partition coefficient (Wildman–Crippen LogP) is 3.59. The summed E-state index contributed by atoms with van der Waals surface area (Å²) >= 11 is 0. The fraction of sp³-hybridized carbons (Fsp3) is 0.545. The van der Waals surface area contributed by atoms with Crippen LogP contribution < -0.4 is 5.32 Å². The maximum Gasteiger partial charge on any atom is 0.213 e. The number of nitrogens with zero attached hydrogens (tertiary/aromatic N) is 3. The van der Waals surface area contributed by atoms with Crippen molar-refractivity contribution in [3.8, 4) is 0 Å². The van der Waals surface area contributed by atoms with Crippen molar-refractivity contribution in [1.82, 2.24) is 15.2 Å². The smallest absolute Gasteiger partial charge is 0.213 e. The third kappa shape index (κ3) is 5.58. The number of aromatic nitrogens is 1. The number of benzene rings is 1. The van der Waals surface area contributed by atoms with E-state index in [0.29, 0.717) is 25.0 Å². The van der Waals surface area contributed by atoms with E-state index < -0.39 is 0 Å². The van der Waals surface area contributed by atoms with Gasteiger partial charge in [0.25, 0.3) is 0 Å². The molecule has 0 aliphatic carbocycles. The van der Waals surface area contributed by atoms with Crippen LogP contribution in [-0.2, 0) is 23.3 Å². The summed E-state index contributed by atoms with van der Waals surface area (Å²) in [6.07, 6.45) is 2.93. The van der Waals surface area contributed by atoms with Crippen LogP contribution in [0, 0.1) is 5.92 Å². The van der Waals surface area contributed by atoms with Gasteiger partial charge in [0.15, 0.2) is 5.96 Å². The molecule has 1 saturated heterocycles. The van der Waals surface area contributed by atoms with E-state index >= 15 is 0 Å². The lowest BCUT2D eigenvalue weighted by molar-refractivity contribution is 0.0906. The molecule has 1 unspecified atom stereocenters. The minimum Gasteiger partial charge on any atom is -0.443 e. The van der Waals surface area contributed by atoms with Crippen LogP contribution >= 0.6 is 0 Å². The maximum atomic E-state index is 5.92. The second kappa shape index (κ2) is 9.24. The van der Waals surface area contributed by atoms with Crippen molar-refractivity contribution in [3.05, 3.63) is 53.7 Å². The summed E-state index contributed by atoms with van der Waals surface area (Å²) in [4.78, 5) is 11.1. The second-order valence-electron chi connectivity index (χ2n) is 8.37. The van der Waals surface area contributed by atoms with Gasteiger partial charge in [0.2, 0.25) is 5.89 Å². The van der Waals surface area contributed by atoms with Gasteiger partial charge in [-0.2, -0.15) is 0 Å². The largest absolute Gasteiger partial charge is 0.443 e. The van der Waals surface area contributed by atoms with E-state index in [4.69, 9.17) is 9.15 Å². The van der Waals surface area contributed by atoms with Gasteiger partial charge in [-0.1, -0.05) is 51.1 Å². The minimum absolute atomic E-state index is 0.0329. The highest BCUT2D eigenvalue weighted by Gasteiger charge is 2.25. The summed E-state index contributed by atoms with van der Waals surface area (Å²) in [6.45, 7) is 10.3. The van der Waals surface area contributed by atoms with Crippen LogP contribution in [0.4, 0.5) is 0 Å². The summed E-state index contributed by atoms with van der Waals surface area (Å²) in [7, 11) is 1.82. The van der Waals surface area contributed by atoms with Crippen LogP contribution in [-0.4, -0.2) is 42.6 Å². The molecule has 0 radical (unpaired) electrons. The van der Waals surface area contributed by atoms with Crippen LogP contribution in [0.2, 0.25) is 0 Å². The SMILES string of the molecule is CN=C(NCc1ncc(C(C)(C)C)o1)N1CCC(COCc2ccccc2)C1. The van der Waals surface area contributed by atoms with Crippen molar-refractivity contribution in [3.63, 3.8) is 0 Å².